The van der Waals surface area contributed by atoms with E-state index in [2.05, 4.69) is 40.7 Å². The van der Waals surface area contributed by atoms with Crippen LogP contribution in [-0.2, 0) is 52.2 Å². The Balaban J connectivity index is 0.921. The third kappa shape index (κ3) is 10.1. The van der Waals surface area contributed by atoms with Crippen LogP contribution in [0.2, 0.25) is 0 Å². The number of carbonyl (C=O) groups is 2. The summed E-state index contributed by atoms with van der Waals surface area (Å²) in [6.07, 6.45) is -21.2. The highest BCUT2D eigenvalue weighted by molar-refractivity contribution is 5.79. The number of aliphatic hydroxyl groups excluding tert-OH is 12. The molecule has 28 atom stereocenters. The minimum absolute atomic E-state index is 0.0508. The molecule has 23 nitrogen and oxygen atoms in total. The molecule has 446 valence electrons. The molecule has 4 heterocycles. The van der Waals surface area contributed by atoms with Gasteiger partial charge in [-0.1, -0.05) is 53.2 Å². The summed E-state index contributed by atoms with van der Waals surface area (Å²) in [5.74, 6) is -1.45. The first kappa shape index (κ1) is 60.5. The second-order valence-corrected chi connectivity index (χ2v) is 26.3. The van der Waals surface area contributed by atoms with Gasteiger partial charge >= 0.3 is 11.9 Å². The maximum absolute atomic E-state index is 15.1. The average molecular weight is 1120 g/mol. The number of rotatable bonds is 12. The van der Waals surface area contributed by atoms with Crippen molar-refractivity contribution in [2.75, 3.05) is 26.4 Å². The lowest BCUT2D eigenvalue weighted by molar-refractivity contribution is -0.365. The highest BCUT2D eigenvalue weighted by Gasteiger charge is 2.71. The van der Waals surface area contributed by atoms with Crippen LogP contribution in [0, 0.1) is 50.2 Å². The first-order valence-electron chi connectivity index (χ1n) is 28.1. The molecule has 4 saturated carbocycles. The Morgan fingerprint density at radius 3 is 1.92 bits per heavy atom. The monoisotopic (exact) mass is 1120 g/mol. The third-order valence-corrected chi connectivity index (χ3v) is 21.4. The standard InChI is InChI=1S/C55H88O23/c1-24-34(59)38(63)42(67)46(73-24)77-44-35(60)28(58)20-71-48(44)76-33-12-13-51(5)31(52(33,6)23-56)11-14-54(8)32(51)10-9-26-27-19-50(3,4)15-17-55(27,18-16-53(26,54)7)49(69)78-47-43(68)40(65)37(62)30(75-47)22-72-45-41(66)39(64)36(61)29(74-45)21-70-25(2)57/h9,24,27-48,56,58-68H,10-23H2,1-8H3/t24-,27+,28-,29-,30-,31+,32+,33-,34-,35+,36-,37-,38+,39+,40+,41-,42-,43-,44-,45-,46+,47+,48+,51-,52-,53+,54+,55+/m0/s1. The van der Waals surface area contributed by atoms with Gasteiger partial charge in [-0.05, 0) is 111 Å². The van der Waals surface area contributed by atoms with Crippen molar-refractivity contribution in [2.45, 2.75) is 242 Å². The first-order chi connectivity index (χ1) is 36.5. The maximum Gasteiger partial charge on any atom is 0.315 e. The molecular weight excluding hydrogens is 1030 g/mol. The Kier molecular flexibility index (Phi) is 17.2. The largest absolute Gasteiger partial charge is 0.463 e. The topological polar surface area (TPSA) is 360 Å². The van der Waals surface area contributed by atoms with E-state index in [4.69, 9.17) is 42.6 Å². The SMILES string of the molecule is CC(=O)OC[C@@H]1O[C@H](OC[C@@H]2O[C@H](OC(=O)[C@@]34CCC(C)(C)C[C@@H]3C3=CC[C@@H]5[C@@]6(C)CC[C@H](O[C@H]7OC[C@H](O)[C@@H](O)[C@@H]7O[C@H]7O[C@@H](C)[C@H](O)[C@@H](O)[C@@H]7O)[C@@](C)(CO)[C@@H]6CC[C@@]5(C)[C@]3(C)CC4)[C@@H](O)[C@H](O)[C@H]2O)[C@@H](O)[C@H](O)[C@H]1O. The van der Waals surface area contributed by atoms with Crippen LogP contribution in [0.25, 0.3) is 0 Å². The predicted molar refractivity (Wildman–Crippen MR) is 266 cm³/mol. The molecule has 8 fully saturated rings. The molecule has 0 bridgehead atoms. The van der Waals surface area contributed by atoms with Gasteiger partial charge in [-0.3, -0.25) is 9.59 Å². The molecule has 4 saturated heterocycles. The number of aliphatic hydroxyl groups is 12. The summed E-state index contributed by atoms with van der Waals surface area (Å²) in [4.78, 5) is 26.6. The summed E-state index contributed by atoms with van der Waals surface area (Å²) in [6, 6.07) is 0. The highest BCUT2D eigenvalue weighted by atomic mass is 16.8. The van der Waals surface area contributed by atoms with Crippen LogP contribution in [-0.4, -0.2) is 222 Å². The van der Waals surface area contributed by atoms with Crippen molar-refractivity contribution >= 4 is 11.9 Å². The number of fused-ring (bicyclic) bond motifs is 7. The number of hydrogen-bond donors (Lipinski definition) is 12. The van der Waals surface area contributed by atoms with Crippen molar-refractivity contribution in [1.29, 1.82) is 0 Å². The van der Waals surface area contributed by atoms with Crippen molar-refractivity contribution in [2.24, 2.45) is 50.2 Å². The van der Waals surface area contributed by atoms with Gasteiger partial charge in [0.1, 0.15) is 92.1 Å². The molecule has 23 heteroatoms. The van der Waals surface area contributed by atoms with E-state index >= 15 is 4.79 Å². The fourth-order valence-electron chi connectivity index (χ4n) is 16.3. The molecule has 0 aromatic rings. The number of carbonyl (C=O) groups excluding carboxylic acids is 2. The second kappa shape index (κ2) is 22.2. The van der Waals surface area contributed by atoms with E-state index < -0.39 is 159 Å². The Bertz CT molecular complexity index is 2180. The van der Waals surface area contributed by atoms with Gasteiger partial charge in [-0.15, -0.1) is 0 Å². The molecule has 9 rings (SSSR count). The van der Waals surface area contributed by atoms with Gasteiger partial charge in [0.15, 0.2) is 18.9 Å². The van der Waals surface area contributed by atoms with Gasteiger partial charge in [0.05, 0.1) is 37.4 Å². The van der Waals surface area contributed by atoms with Crippen LogP contribution in [0.1, 0.15) is 120 Å². The summed E-state index contributed by atoms with van der Waals surface area (Å²) in [5, 5.41) is 130. The summed E-state index contributed by atoms with van der Waals surface area (Å²) >= 11 is 0. The Hall–Kier alpha value is -2.08. The molecule has 12 N–H and O–H groups in total. The lowest BCUT2D eigenvalue weighted by atomic mass is 9.33. The van der Waals surface area contributed by atoms with Crippen LogP contribution in [0.4, 0.5) is 0 Å². The predicted octanol–water partition coefficient (Wildman–Crippen LogP) is -0.825. The smallest absolute Gasteiger partial charge is 0.315 e. The van der Waals surface area contributed by atoms with Crippen molar-refractivity contribution < 1.29 is 113 Å². The number of esters is 2. The molecule has 5 aliphatic carbocycles. The third-order valence-electron chi connectivity index (χ3n) is 21.4. The van der Waals surface area contributed by atoms with E-state index in [0.717, 1.165) is 19.8 Å². The summed E-state index contributed by atoms with van der Waals surface area (Å²) in [6.45, 7) is 14.5. The van der Waals surface area contributed by atoms with Gasteiger partial charge in [-0.2, -0.15) is 0 Å². The lowest BCUT2D eigenvalue weighted by Crippen LogP contribution is -2.67. The van der Waals surface area contributed by atoms with E-state index in [-0.39, 0.29) is 52.6 Å². The first-order valence-corrected chi connectivity index (χ1v) is 28.1. The summed E-state index contributed by atoms with van der Waals surface area (Å²) in [5.41, 5.74) is -1.78. The average Bonchev–Trinajstić information content (AvgIpc) is 3.46. The summed E-state index contributed by atoms with van der Waals surface area (Å²) < 4.78 is 52.9. The van der Waals surface area contributed by atoms with Crippen LogP contribution in [0.5, 0.6) is 0 Å². The fraction of sp³-hybridized carbons (Fsp3) is 0.927. The van der Waals surface area contributed by atoms with Crippen molar-refractivity contribution in [3.05, 3.63) is 11.6 Å². The number of ether oxygens (including phenoxy) is 9. The maximum atomic E-state index is 15.1. The van der Waals surface area contributed by atoms with E-state index in [9.17, 15) is 66.1 Å². The lowest BCUT2D eigenvalue weighted by Gasteiger charge is -2.71. The van der Waals surface area contributed by atoms with Gasteiger partial charge in [-0.25, -0.2) is 0 Å². The minimum Gasteiger partial charge on any atom is -0.463 e. The molecular formula is C55H88O23. The van der Waals surface area contributed by atoms with Crippen LogP contribution in [0.3, 0.4) is 0 Å². The van der Waals surface area contributed by atoms with E-state index in [0.29, 0.717) is 51.4 Å². The van der Waals surface area contributed by atoms with Gasteiger partial charge in [0.2, 0.25) is 6.29 Å². The summed E-state index contributed by atoms with van der Waals surface area (Å²) in [7, 11) is 0. The zero-order valence-corrected chi connectivity index (χ0v) is 46.1. The molecule has 9 aliphatic rings. The zero-order valence-electron chi connectivity index (χ0n) is 46.1. The molecule has 0 radical (unpaired) electrons. The molecule has 0 amide bonds. The normalized spacial score (nSPS) is 53.1. The number of allylic oxidation sites excluding steroid dienone is 2. The second-order valence-electron chi connectivity index (χ2n) is 26.3. The highest BCUT2D eigenvalue weighted by Crippen LogP contribution is 2.76. The van der Waals surface area contributed by atoms with Crippen LogP contribution >= 0.6 is 0 Å². The van der Waals surface area contributed by atoms with Crippen molar-refractivity contribution in [3.8, 4) is 0 Å². The van der Waals surface area contributed by atoms with Crippen molar-refractivity contribution in [3.63, 3.8) is 0 Å². The zero-order chi connectivity index (χ0) is 57.0. The molecule has 0 spiro atoms. The van der Waals surface area contributed by atoms with Crippen LogP contribution in [0.15, 0.2) is 11.6 Å². The van der Waals surface area contributed by atoms with E-state index in [1.807, 2.05) is 6.92 Å². The molecule has 0 aromatic carbocycles. The Morgan fingerprint density at radius 1 is 0.641 bits per heavy atom. The minimum atomic E-state index is -1.86. The van der Waals surface area contributed by atoms with Gasteiger partial charge in [0, 0.05) is 12.3 Å². The Labute approximate surface area is 455 Å². The Morgan fingerprint density at radius 2 is 1.26 bits per heavy atom. The van der Waals surface area contributed by atoms with E-state index in [1.54, 1.807) is 0 Å². The van der Waals surface area contributed by atoms with Crippen LogP contribution < -0.4 is 0 Å². The van der Waals surface area contributed by atoms with Gasteiger partial charge < -0.3 is 104 Å². The fourth-order valence-corrected chi connectivity index (χ4v) is 16.3. The molecule has 4 aliphatic heterocycles. The van der Waals surface area contributed by atoms with E-state index in [1.165, 1.54) is 12.5 Å². The number of hydrogen-bond acceptors (Lipinski definition) is 23. The van der Waals surface area contributed by atoms with Gasteiger partial charge in [0.25, 0.3) is 0 Å². The van der Waals surface area contributed by atoms with Crippen molar-refractivity contribution in [1.82, 2.24) is 0 Å². The molecule has 78 heavy (non-hydrogen) atoms. The molecule has 0 unspecified atom stereocenters. The quantitative estimate of drug-likeness (QED) is 0.0645. The molecule has 0 aromatic heterocycles.